The Bertz CT molecular complexity index is 838. The van der Waals surface area contributed by atoms with Gasteiger partial charge in [-0.05, 0) is 24.3 Å². The molecule has 6 nitrogen and oxygen atoms in total. The molecular formula is C17H21N3O3S. The van der Waals surface area contributed by atoms with Gasteiger partial charge in [0.15, 0.2) is 0 Å². The minimum atomic E-state index is -3.15. The third-order valence-electron chi connectivity index (χ3n) is 4.30. The Labute approximate surface area is 141 Å². The van der Waals surface area contributed by atoms with E-state index in [1.807, 2.05) is 42.5 Å². The Hall–Kier alpha value is -2.12. The van der Waals surface area contributed by atoms with Crippen molar-refractivity contribution < 1.29 is 13.2 Å². The van der Waals surface area contributed by atoms with Crippen molar-refractivity contribution in [1.29, 1.82) is 0 Å². The number of nitrogens with zero attached hydrogens (tertiary/aromatic N) is 1. The first-order chi connectivity index (χ1) is 11.4. The lowest BCUT2D eigenvalue weighted by Crippen LogP contribution is -2.47. The molecule has 2 aromatic rings. The van der Waals surface area contributed by atoms with E-state index in [4.69, 9.17) is 0 Å². The summed E-state index contributed by atoms with van der Waals surface area (Å²) >= 11 is 0. The van der Waals surface area contributed by atoms with Crippen molar-refractivity contribution in [3.05, 3.63) is 42.5 Å². The van der Waals surface area contributed by atoms with Crippen molar-refractivity contribution in [3.8, 4) is 0 Å². The summed E-state index contributed by atoms with van der Waals surface area (Å²) in [5.41, 5.74) is 0.763. The largest absolute Gasteiger partial charge is 0.335 e. The third-order valence-corrected chi connectivity index (χ3v) is 5.60. The number of benzene rings is 2. The number of piperidine rings is 1. The molecule has 2 amide bonds. The highest BCUT2D eigenvalue weighted by atomic mass is 32.2. The van der Waals surface area contributed by atoms with Crippen LogP contribution in [-0.2, 0) is 10.0 Å². The minimum absolute atomic E-state index is 0.0158. The molecule has 2 N–H and O–H groups in total. The number of rotatable bonds is 3. The normalized spacial score (nSPS) is 16.9. The molecule has 0 unspecified atom stereocenters. The summed E-state index contributed by atoms with van der Waals surface area (Å²) in [4.78, 5) is 12.2. The SMILES string of the molecule is CS(=O)(=O)N1CCC(NC(=O)Nc2cccc3ccccc23)CC1. The van der Waals surface area contributed by atoms with E-state index >= 15 is 0 Å². The number of hydrogen-bond acceptors (Lipinski definition) is 3. The lowest BCUT2D eigenvalue weighted by Gasteiger charge is -2.30. The highest BCUT2D eigenvalue weighted by Gasteiger charge is 2.25. The fourth-order valence-corrected chi connectivity index (χ4v) is 3.88. The summed E-state index contributed by atoms with van der Waals surface area (Å²) in [7, 11) is -3.15. The fraction of sp³-hybridized carbons (Fsp3) is 0.353. The van der Waals surface area contributed by atoms with Crippen LogP contribution in [0, 0.1) is 0 Å². The third kappa shape index (κ3) is 3.85. The van der Waals surface area contributed by atoms with E-state index in [1.165, 1.54) is 10.6 Å². The minimum Gasteiger partial charge on any atom is -0.335 e. The van der Waals surface area contributed by atoms with Crippen LogP contribution in [0.3, 0.4) is 0 Å². The van der Waals surface area contributed by atoms with E-state index in [0.29, 0.717) is 25.9 Å². The Morgan fingerprint density at radius 1 is 1.08 bits per heavy atom. The van der Waals surface area contributed by atoms with E-state index in [-0.39, 0.29) is 12.1 Å². The molecule has 0 saturated carbocycles. The van der Waals surface area contributed by atoms with Gasteiger partial charge in [0, 0.05) is 24.5 Å². The second kappa shape index (κ2) is 6.78. The first-order valence-electron chi connectivity index (χ1n) is 7.94. The second-order valence-corrected chi connectivity index (χ2v) is 8.04. The zero-order valence-electron chi connectivity index (χ0n) is 13.5. The van der Waals surface area contributed by atoms with Crippen molar-refractivity contribution >= 4 is 32.5 Å². The van der Waals surface area contributed by atoms with E-state index in [1.54, 1.807) is 0 Å². The van der Waals surface area contributed by atoms with Gasteiger partial charge in [-0.3, -0.25) is 0 Å². The zero-order chi connectivity index (χ0) is 17.2. The number of nitrogens with one attached hydrogen (secondary N) is 2. The molecule has 128 valence electrons. The number of fused-ring (bicyclic) bond motifs is 1. The maximum Gasteiger partial charge on any atom is 0.319 e. The van der Waals surface area contributed by atoms with Crippen molar-refractivity contribution in [2.45, 2.75) is 18.9 Å². The van der Waals surface area contributed by atoms with E-state index in [9.17, 15) is 13.2 Å². The number of carbonyl (C=O) groups is 1. The maximum absolute atomic E-state index is 12.2. The van der Waals surface area contributed by atoms with Crippen molar-refractivity contribution in [3.63, 3.8) is 0 Å². The van der Waals surface area contributed by atoms with Gasteiger partial charge >= 0.3 is 6.03 Å². The Kier molecular flexibility index (Phi) is 4.73. The molecule has 1 saturated heterocycles. The van der Waals surface area contributed by atoms with Gasteiger partial charge in [-0.1, -0.05) is 36.4 Å². The van der Waals surface area contributed by atoms with Crippen molar-refractivity contribution in [2.75, 3.05) is 24.7 Å². The summed E-state index contributed by atoms with van der Waals surface area (Å²) in [6, 6.07) is 13.4. The molecule has 0 atom stereocenters. The molecule has 0 spiro atoms. The number of urea groups is 1. The molecule has 7 heteroatoms. The van der Waals surface area contributed by atoms with Crippen LogP contribution < -0.4 is 10.6 Å². The van der Waals surface area contributed by atoms with Crippen LogP contribution >= 0.6 is 0 Å². The molecule has 2 aromatic carbocycles. The van der Waals surface area contributed by atoms with Gasteiger partial charge in [-0.15, -0.1) is 0 Å². The highest BCUT2D eigenvalue weighted by molar-refractivity contribution is 7.88. The molecule has 1 aliphatic heterocycles. The number of anilines is 1. The molecule has 0 bridgehead atoms. The summed E-state index contributed by atoms with van der Waals surface area (Å²) in [6.07, 6.45) is 2.46. The summed E-state index contributed by atoms with van der Waals surface area (Å²) in [5.74, 6) is 0. The molecule has 0 aromatic heterocycles. The average Bonchev–Trinajstić information content (AvgIpc) is 2.55. The van der Waals surface area contributed by atoms with E-state index in [2.05, 4.69) is 10.6 Å². The first kappa shape index (κ1) is 16.7. The van der Waals surface area contributed by atoms with Gasteiger partial charge in [0.05, 0.1) is 11.9 Å². The van der Waals surface area contributed by atoms with Crippen LogP contribution in [0.1, 0.15) is 12.8 Å². The molecular weight excluding hydrogens is 326 g/mol. The van der Waals surface area contributed by atoms with Crippen molar-refractivity contribution in [2.24, 2.45) is 0 Å². The molecule has 0 radical (unpaired) electrons. The lowest BCUT2D eigenvalue weighted by atomic mass is 10.1. The predicted octanol–water partition coefficient (Wildman–Crippen LogP) is 2.39. The molecule has 1 heterocycles. The molecule has 0 aliphatic carbocycles. The van der Waals surface area contributed by atoms with Gasteiger partial charge in [-0.2, -0.15) is 0 Å². The molecule has 1 fully saturated rings. The first-order valence-corrected chi connectivity index (χ1v) is 9.79. The van der Waals surface area contributed by atoms with Gasteiger partial charge in [0.25, 0.3) is 0 Å². The molecule has 3 rings (SSSR count). The monoisotopic (exact) mass is 347 g/mol. The predicted molar refractivity (Wildman–Crippen MR) is 95.5 cm³/mol. The smallest absolute Gasteiger partial charge is 0.319 e. The number of carbonyl (C=O) groups excluding carboxylic acids is 1. The standard InChI is InChI=1S/C17H21N3O3S/c1-24(22,23)20-11-9-14(10-12-20)18-17(21)19-16-8-4-6-13-5-2-3-7-15(13)16/h2-8,14H,9-12H2,1H3,(H2,18,19,21). The summed E-state index contributed by atoms with van der Waals surface area (Å²) in [6.45, 7) is 0.885. The number of sulfonamides is 1. The van der Waals surface area contributed by atoms with Crippen molar-refractivity contribution in [1.82, 2.24) is 9.62 Å². The molecule has 24 heavy (non-hydrogen) atoms. The van der Waals surface area contributed by atoms with Gasteiger partial charge in [0.1, 0.15) is 0 Å². The Morgan fingerprint density at radius 3 is 2.46 bits per heavy atom. The van der Waals surface area contributed by atoms with E-state index in [0.717, 1.165) is 16.5 Å². The number of amides is 2. The van der Waals surface area contributed by atoms with Crippen LogP contribution in [-0.4, -0.2) is 44.1 Å². The number of hydrogen-bond donors (Lipinski definition) is 2. The lowest BCUT2D eigenvalue weighted by molar-refractivity contribution is 0.238. The van der Waals surface area contributed by atoms with Crippen LogP contribution in [0.4, 0.5) is 10.5 Å². The van der Waals surface area contributed by atoms with Crippen LogP contribution in [0.5, 0.6) is 0 Å². The Balaban J connectivity index is 1.60. The summed E-state index contributed by atoms with van der Waals surface area (Å²) < 4.78 is 24.5. The molecule has 1 aliphatic rings. The van der Waals surface area contributed by atoms with Crippen LogP contribution in [0.15, 0.2) is 42.5 Å². The van der Waals surface area contributed by atoms with Gasteiger partial charge < -0.3 is 10.6 Å². The quantitative estimate of drug-likeness (QED) is 0.895. The topological polar surface area (TPSA) is 78.5 Å². The fourth-order valence-electron chi connectivity index (χ4n) is 3.01. The second-order valence-electron chi connectivity index (χ2n) is 6.06. The average molecular weight is 347 g/mol. The van der Waals surface area contributed by atoms with E-state index < -0.39 is 10.0 Å². The maximum atomic E-state index is 12.2. The zero-order valence-corrected chi connectivity index (χ0v) is 14.3. The Morgan fingerprint density at radius 2 is 1.75 bits per heavy atom. The van der Waals surface area contributed by atoms with Crippen LogP contribution in [0.2, 0.25) is 0 Å². The van der Waals surface area contributed by atoms with Crippen LogP contribution in [0.25, 0.3) is 10.8 Å². The van der Waals surface area contributed by atoms with Gasteiger partial charge in [0.2, 0.25) is 10.0 Å². The van der Waals surface area contributed by atoms with Gasteiger partial charge in [-0.25, -0.2) is 17.5 Å². The highest BCUT2D eigenvalue weighted by Crippen LogP contribution is 2.23. The summed E-state index contributed by atoms with van der Waals surface area (Å²) in [5, 5.41) is 7.88.